The van der Waals surface area contributed by atoms with E-state index in [0.29, 0.717) is 5.56 Å². The van der Waals surface area contributed by atoms with E-state index in [1.807, 2.05) is 0 Å². The van der Waals surface area contributed by atoms with Crippen molar-refractivity contribution in [1.29, 1.82) is 0 Å². The van der Waals surface area contributed by atoms with Gasteiger partial charge < -0.3 is 4.74 Å². The summed E-state index contributed by atoms with van der Waals surface area (Å²) < 4.78 is 45.7. The topological polar surface area (TPSA) is 89.9 Å². The second-order valence-electron chi connectivity index (χ2n) is 5.10. The minimum absolute atomic E-state index is 0.115. The molecule has 0 aliphatic carbocycles. The number of methoxy groups -OCH3 is 1. The molecule has 0 aromatic heterocycles. The molecule has 0 fully saturated rings. The van der Waals surface area contributed by atoms with Crippen LogP contribution in [0.5, 0.6) is 0 Å². The van der Waals surface area contributed by atoms with Crippen LogP contribution in [0.1, 0.15) is 36.7 Å². The van der Waals surface area contributed by atoms with Crippen molar-refractivity contribution in [2.24, 2.45) is 3.77 Å². The van der Waals surface area contributed by atoms with Crippen LogP contribution in [-0.2, 0) is 24.5 Å². The Morgan fingerprint density at radius 1 is 1.23 bits per heavy atom. The number of benzene rings is 1. The van der Waals surface area contributed by atoms with Crippen molar-refractivity contribution in [2.75, 3.05) is 12.9 Å². The third-order valence-corrected chi connectivity index (χ3v) is 8.07. The quantitative estimate of drug-likeness (QED) is 0.763. The highest BCUT2D eigenvalue weighted by Gasteiger charge is 2.22. The molecule has 8 heteroatoms. The Morgan fingerprint density at radius 3 is 2.27 bits per heavy atom. The van der Waals surface area contributed by atoms with E-state index in [1.165, 1.54) is 25.3 Å². The molecule has 1 rings (SSSR count). The maximum atomic E-state index is 12.6. The molecule has 0 saturated carbocycles. The molecule has 1 aromatic rings. The van der Waals surface area contributed by atoms with Gasteiger partial charge in [-0.2, -0.15) is 8.42 Å². The highest BCUT2D eigenvalue weighted by Crippen LogP contribution is 2.20. The summed E-state index contributed by atoms with van der Waals surface area (Å²) in [6, 6.07) is 4.10. The van der Waals surface area contributed by atoms with Gasteiger partial charge in [0.15, 0.2) is 0 Å². The molecule has 124 valence electrons. The number of sulfonamides is 1. The number of hydrogen-bond acceptors (Lipinski definition) is 5. The first-order valence-corrected chi connectivity index (χ1v) is 9.94. The number of nitrogens with zero attached hydrogens (tertiary/aromatic N) is 1. The van der Waals surface area contributed by atoms with Gasteiger partial charge in [0, 0.05) is 11.0 Å². The third-order valence-electron chi connectivity index (χ3n) is 3.14. The Kier molecular flexibility index (Phi) is 5.75. The summed E-state index contributed by atoms with van der Waals surface area (Å²) in [5.74, 6) is -0.500. The Hall–Kier alpha value is -1.41. The monoisotopic (exact) mass is 347 g/mol. The van der Waals surface area contributed by atoms with Crippen LogP contribution in [0, 0.1) is 6.92 Å². The average Bonchev–Trinajstić information content (AvgIpc) is 2.44. The van der Waals surface area contributed by atoms with Crippen molar-refractivity contribution in [1.82, 2.24) is 0 Å². The van der Waals surface area contributed by atoms with Crippen LogP contribution in [0.2, 0.25) is 0 Å². The van der Waals surface area contributed by atoms with Crippen molar-refractivity contribution < 1.29 is 22.2 Å². The molecule has 0 aliphatic heterocycles. The Morgan fingerprint density at radius 2 is 1.82 bits per heavy atom. The van der Waals surface area contributed by atoms with Crippen LogP contribution in [0.15, 0.2) is 26.9 Å². The predicted octanol–water partition coefficient (Wildman–Crippen LogP) is 2.37. The number of carbonyl (C=O) groups excluding carboxylic acids is 1. The second kappa shape index (κ2) is 6.78. The molecular formula is C14H21NO5S2. The van der Waals surface area contributed by atoms with Gasteiger partial charge in [-0.25, -0.2) is 9.00 Å². The summed E-state index contributed by atoms with van der Waals surface area (Å²) in [6.07, 6.45) is 0. The number of hydrogen-bond donors (Lipinski definition) is 0. The summed E-state index contributed by atoms with van der Waals surface area (Å²) in [5, 5.41) is -0.392. The van der Waals surface area contributed by atoms with Gasteiger partial charge in [-0.15, -0.1) is 3.77 Å². The van der Waals surface area contributed by atoms with Gasteiger partial charge in [0.25, 0.3) is 10.0 Å². The highest BCUT2D eigenvalue weighted by atomic mass is 32.3. The minimum Gasteiger partial charge on any atom is -0.465 e. The lowest BCUT2D eigenvalue weighted by Gasteiger charge is -2.12. The Bertz CT molecular complexity index is 787. The summed E-state index contributed by atoms with van der Waals surface area (Å²) >= 11 is 0. The number of rotatable bonds is 5. The number of aryl methyl sites for hydroxylation is 1. The molecule has 0 saturated heterocycles. The first-order chi connectivity index (χ1) is 10.1. The second-order valence-corrected chi connectivity index (χ2v) is 10.0. The molecule has 1 unspecified atom stereocenters. The minimum atomic E-state index is -4.12. The fourth-order valence-electron chi connectivity index (χ4n) is 1.81. The zero-order valence-corrected chi connectivity index (χ0v) is 15.0. The molecule has 0 radical (unpaired) electrons. The summed E-state index contributed by atoms with van der Waals surface area (Å²) in [4.78, 5) is 11.4. The van der Waals surface area contributed by atoms with Crippen molar-refractivity contribution >= 4 is 25.7 Å². The maximum Gasteiger partial charge on any atom is 0.337 e. The predicted molar refractivity (Wildman–Crippen MR) is 86.0 cm³/mol. The van der Waals surface area contributed by atoms with E-state index in [-0.39, 0.29) is 16.2 Å². The largest absolute Gasteiger partial charge is 0.465 e. The number of carbonyl (C=O) groups is 1. The normalized spacial score (nSPS) is 14.5. The van der Waals surface area contributed by atoms with E-state index in [1.54, 1.807) is 27.7 Å². The first-order valence-electron chi connectivity index (χ1n) is 6.75. The van der Waals surface area contributed by atoms with Crippen LogP contribution >= 0.6 is 0 Å². The first kappa shape index (κ1) is 18.6. The fourth-order valence-corrected chi connectivity index (χ4v) is 5.87. The van der Waals surface area contributed by atoms with Gasteiger partial charge in [0.05, 0.1) is 27.3 Å². The third kappa shape index (κ3) is 4.07. The summed E-state index contributed by atoms with van der Waals surface area (Å²) in [5.41, 5.74) is 0.688. The Labute approximate surface area is 132 Å². The average molecular weight is 347 g/mol. The van der Waals surface area contributed by atoms with E-state index in [4.69, 9.17) is 0 Å². The van der Waals surface area contributed by atoms with Gasteiger partial charge in [-0.1, -0.05) is 20.8 Å². The smallest absolute Gasteiger partial charge is 0.337 e. The molecule has 0 spiro atoms. The molecule has 22 heavy (non-hydrogen) atoms. The SMILES string of the molecule is CCS(=O)(=NS(=O)(=O)c1cc(C)cc(C(=O)OC)c1)C(C)C. The molecular weight excluding hydrogens is 326 g/mol. The molecule has 0 heterocycles. The van der Waals surface area contributed by atoms with E-state index in [0.717, 1.165) is 0 Å². The summed E-state index contributed by atoms with van der Waals surface area (Å²) in [7, 11) is -5.79. The highest BCUT2D eigenvalue weighted by molar-refractivity contribution is 8.03. The van der Waals surface area contributed by atoms with E-state index in [2.05, 4.69) is 8.50 Å². The van der Waals surface area contributed by atoms with Gasteiger partial charge in [-0.3, -0.25) is 0 Å². The lowest BCUT2D eigenvalue weighted by molar-refractivity contribution is 0.0600. The van der Waals surface area contributed by atoms with Crippen LogP contribution in [0.25, 0.3) is 0 Å². The van der Waals surface area contributed by atoms with E-state index in [9.17, 15) is 17.4 Å². The van der Waals surface area contributed by atoms with Crippen LogP contribution in [0.4, 0.5) is 0 Å². The zero-order chi connectivity index (χ0) is 17.1. The van der Waals surface area contributed by atoms with Gasteiger partial charge in [-0.05, 0) is 30.7 Å². The fraction of sp³-hybridized carbons (Fsp3) is 0.500. The number of ether oxygens (including phenoxy) is 1. The van der Waals surface area contributed by atoms with E-state index >= 15 is 0 Å². The van der Waals surface area contributed by atoms with Crippen molar-refractivity contribution in [2.45, 2.75) is 37.8 Å². The molecule has 0 aliphatic rings. The van der Waals surface area contributed by atoms with Gasteiger partial charge in [0.2, 0.25) is 0 Å². The Balaban J connectivity index is 3.54. The van der Waals surface area contributed by atoms with E-state index < -0.39 is 31.0 Å². The van der Waals surface area contributed by atoms with Gasteiger partial charge in [0.1, 0.15) is 0 Å². The van der Waals surface area contributed by atoms with Gasteiger partial charge >= 0.3 is 5.97 Å². The van der Waals surface area contributed by atoms with Crippen molar-refractivity contribution in [3.8, 4) is 0 Å². The maximum absolute atomic E-state index is 12.6. The van der Waals surface area contributed by atoms with Crippen molar-refractivity contribution in [3.05, 3.63) is 29.3 Å². The van der Waals surface area contributed by atoms with Crippen LogP contribution in [0.3, 0.4) is 0 Å². The molecule has 1 aromatic carbocycles. The molecule has 0 bridgehead atoms. The molecule has 1 atom stereocenters. The molecule has 0 amide bonds. The standard InChI is InChI=1S/C14H21NO5S2/c1-6-21(17,10(2)3)15-22(18,19)13-8-11(4)7-12(9-13)14(16)20-5/h7-10H,6H2,1-5H3. The van der Waals surface area contributed by atoms with Crippen molar-refractivity contribution in [3.63, 3.8) is 0 Å². The molecule has 0 N–H and O–H groups in total. The number of esters is 1. The lowest BCUT2D eigenvalue weighted by Crippen LogP contribution is -2.18. The zero-order valence-electron chi connectivity index (χ0n) is 13.3. The molecule has 6 nitrogen and oxygen atoms in total. The van der Waals surface area contributed by atoms with Crippen LogP contribution < -0.4 is 0 Å². The summed E-state index contributed by atoms with van der Waals surface area (Å²) in [6.45, 7) is 6.63. The van der Waals surface area contributed by atoms with Crippen LogP contribution in [-0.4, -0.2) is 36.7 Å². The lowest BCUT2D eigenvalue weighted by atomic mass is 10.1.